The van der Waals surface area contributed by atoms with Crippen molar-refractivity contribution in [3.05, 3.63) is 53.6 Å². The van der Waals surface area contributed by atoms with Crippen LogP contribution in [0.3, 0.4) is 0 Å². The number of fused-ring (bicyclic) bond motifs is 3. The van der Waals surface area contributed by atoms with Gasteiger partial charge in [-0.1, -0.05) is 23.7 Å². The van der Waals surface area contributed by atoms with Crippen LogP contribution in [0.5, 0.6) is 5.75 Å². The zero-order chi connectivity index (χ0) is 17.6. The van der Waals surface area contributed by atoms with Gasteiger partial charge in [0.2, 0.25) is 0 Å². The lowest BCUT2D eigenvalue weighted by Gasteiger charge is -2.12. The number of methoxy groups -OCH3 is 1. The predicted molar refractivity (Wildman–Crippen MR) is 91.7 cm³/mol. The number of halogens is 1. The minimum atomic E-state index is -0.732. The summed E-state index contributed by atoms with van der Waals surface area (Å²) in [6.07, 6.45) is 2.85. The van der Waals surface area contributed by atoms with Gasteiger partial charge < -0.3 is 9.84 Å². The number of aromatic hydroxyl groups is 1. The lowest BCUT2D eigenvalue weighted by Crippen LogP contribution is -2.10. The molecule has 0 unspecified atom stereocenters. The Kier molecular flexibility index (Phi) is 3.51. The second-order valence-corrected chi connectivity index (χ2v) is 5.71. The van der Waals surface area contributed by atoms with E-state index in [9.17, 15) is 9.90 Å². The Hall–Kier alpha value is -3.19. The fourth-order valence-corrected chi connectivity index (χ4v) is 3.02. The van der Waals surface area contributed by atoms with Gasteiger partial charge in [0.1, 0.15) is 11.8 Å². The van der Waals surface area contributed by atoms with Gasteiger partial charge in [0, 0.05) is 11.2 Å². The highest BCUT2D eigenvalue weighted by molar-refractivity contribution is 6.31. The fourth-order valence-electron chi connectivity index (χ4n) is 2.83. The van der Waals surface area contributed by atoms with E-state index in [-0.39, 0.29) is 17.0 Å². The molecule has 4 rings (SSSR count). The highest BCUT2D eigenvalue weighted by Crippen LogP contribution is 2.36. The number of rotatable bonds is 2. The number of hydrogen-bond acceptors (Lipinski definition) is 6. The summed E-state index contributed by atoms with van der Waals surface area (Å²) in [7, 11) is 1.23. The van der Waals surface area contributed by atoms with Gasteiger partial charge >= 0.3 is 5.97 Å². The molecule has 0 fully saturated rings. The van der Waals surface area contributed by atoms with E-state index in [4.69, 9.17) is 16.3 Å². The highest BCUT2D eigenvalue weighted by Gasteiger charge is 2.24. The molecular weight excluding hydrogens is 344 g/mol. The van der Waals surface area contributed by atoms with Gasteiger partial charge in [0.25, 0.3) is 0 Å². The third-order valence-electron chi connectivity index (χ3n) is 3.90. The highest BCUT2D eigenvalue weighted by atomic mass is 35.5. The Labute approximate surface area is 146 Å². The lowest BCUT2D eigenvalue weighted by atomic mass is 10.0. The first-order chi connectivity index (χ1) is 12.1. The van der Waals surface area contributed by atoms with Gasteiger partial charge in [-0.15, -0.1) is 0 Å². The molecule has 0 spiro atoms. The number of nitrogens with zero attached hydrogens (tertiary/aromatic N) is 4. The van der Waals surface area contributed by atoms with Gasteiger partial charge in [0.15, 0.2) is 17.1 Å². The molecule has 1 aromatic carbocycles. The van der Waals surface area contributed by atoms with Gasteiger partial charge in [-0.05, 0) is 29.3 Å². The summed E-state index contributed by atoms with van der Waals surface area (Å²) < 4.78 is 5.99. The summed E-state index contributed by atoms with van der Waals surface area (Å²) in [5, 5.41) is 15.8. The topological polar surface area (TPSA) is 89.6 Å². The number of carbonyl (C=O) groups is 1. The van der Waals surface area contributed by atoms with Crippen molar-refractivity contribution in [2.75, 3.05) is 7.11 Å². The molecule has 0 aliphatic heterocycles. The average molecular weight is 355 g/mol. The maximum atomic E-state index is 12.1. The van der Waals surface area contributed by atoms with Crippen LogP contribution in [0.15, 0.2) is 42.9 Å². The van der Waals surface area contributed by atoms with Crippen LogP contribution in [-0.4, -0.2) is 37.8 Å². The Morgan fingerprint density at radius 3 is 2.88 bits per heavy atom. The van der Waals surface area contributed by atoms with E-state index < -0.39 is 5.97 Å². The van der Waals surface area contributed by atoms with Crippen LogP contribution in [-0.2, 0) is 4.74 Å². The number of esters is 1. The average Bonchev–Trinajstić information content (AvgIpc) is 3.10. The van der Waals surface area contributed by atoms with Crippen molar-refractivity contribution in [1.82, 2.24) is 19.6 Å². The first-order valence-electron chi connectivity index (χ1n) is 7.29. The third-order valence-corrected chi connectivity index (χ3v) is 4.13. The first kappa shape index (κ1) is 15.3. The SMILES string of the molecule is COC(=O)c1c(O)c2nccc(-c3cccc(Cl)c3)c2c2ncnn12. The molecule has 0 atom stereocenters. The molecule has 8 heteroatoms. The van der Waals surface area contributed by atoms with E-state index in [0.29, 0.717) is 16.1 Å². The number of aromatic nitrogens is 4. The number of carbonyl (C=O) groups excluding carboxylic acids is 1. The van der Waals surface area contributed by atoms with Crippen LogP contribution >= 0.6 is 11.6 Å². The number of benzene rings is 1. The normalized spacial score (nSPS) is 11.1. The fraction of sp³-hybridized carbons (Fsp3) is 0.0588. The van der Waals surface area contributed by atoms with Crippen molar-refractivity contribution in [2.24, 2.45) is 0 Å². The molecule has 0 aliphatic carbocycles. The maximum Gasteiger partial charge on any atom is 0.360 e. The predicted octanol–water partition coefficient (Wildman–Crippen LogP) is 3.09. The Bertz CT molecular complexity index is 1140. The Morgan fingerprint density at radius 1 is 1.28 bits per heavy atom. The summed E-state index contributed by atoms with van der Waals surface area (Å²) in [6.45, 7) is 0. The smallest absolute Gasteiger partial charge is 0.360 e. The van der Waals surface area contributed by atoms with E-state index in [0.717, 1.165) is 11.1 Å². The van der Waals surface area contributed by atoms with Crippen molar-refractivity contribution in [3.8, 4) is 16.9 Å². The van der Waals surface area contributed by atoms with Crippen molar-refractivity contribution in [2.45, 2.75) is 0 Å². The van der Waals surface area contributed by atoms with Gasteiger partial charge in [0.05, 0.1) is 12.5 Å². The van der Waals surface area contributed by atoms with Crippen LogP contribution in [0.25, 0.3) is 27.7 Å². The van der Waals surface area contributed by atoms with E-state index in [1.807, 2.05) is 12.1 Å². The molecule has 124 valence electrons. The van der Waals surface area contributed by atoms with Gasteiger partial charge in [-0.2, -0.15) is 5.10 Å². The minimum absolute atomic E-state index is 0.127. The summed E-state index contributed by atoms with van der Waals surface area (Å²) in [5.41, 5.74) is 2.08. The largest absolute Gasteiger partial charge is 0.504 e. The van der Waals surface area contributed by atoms with Crippen LogP contribution in [0.1, 0.15) is 10.5 Å². The van der Waals surface area contributed by atoms with E-state index in [1.54, 1.807) is 24.4 Å². The quantitative estimate of drug-likeness (QED) is 0.556. The van der Waals surface area contributed by atoms with Crippen LogP contribution in [0.4, 0.5) is 0 Å². The molecule has 7 nitrogen and oxygen atoms in total. The van der Waals surface area contributed by atoms with Gasteiger partial charge in [-0.25, -0.2) is 14.3 Å². The first-order valence-corrected chi connectivity index (χ1v) is 7.67. The molecule has 4 aromatic rings. The maximum absolute atomic E-state index is 12.1. The second kappa shape index (κ2) is 5.71. The van der Waals surface area contributed by atoms with Crippen LogP contribution in [0, 0.1) is 0 Å². The molecule has 0 aliphatic rings. The van der Waals surface area contributed by atoms with E-state index in [2.05, 4.69) is 15.1 Å². The summed E-state index contributed by atoms with van der Waals surface area (Å²) in [4.78, 5) is 20.5. The number of pyridine rings is 2. The molecule has 0 amide bonds. The molecule has 1 N–H and O–H groups in total. The minimum Gasteiger partial charge on any atom is -0.504 e. The van der Waals surface area contributed by atoms with Crippen molar-refractivity contribution >= 4 is 34.1 Å². The molecule has 0 radical (unpaired) electrons. The summed E-state index contributed by atoms with van der Waals surface area (Å²) >= 11 is 6.10. The lowest BCUT2D eigenvalue weighted by molar-refractivity contribution is 0.0587. The molecular formula is C17H11ClN4O3. The summed E-state index contributed by atoms with van der Waals surface area (Å²) in [6, 6.07) is 9.08. The van der Waals surface area contributed by atoms with E-state index in [1.165, 1.54) is 18.0 Å². The standard InChI is InChI=1S/C17H11ClN4O3/c1-25-17(24)14-15(23)13-12(16-20-8-21-22(14)16)11(5-6-19-13)9-3-2-4-10(18)7-9/h2-8,23H,1H3. The second-order valence-electron chi connectivity index (χ2n) is 5.28. The molecule has 3 heterocycles. The van der Waals surface area contributed by atoms with Crippen molar-refractivity contribution in [1.29, 1.82) is 0 Å². The molecule has 0 saturated carbocycles. The Balaban J connectivity index is 2.17. The Morgan fingerprint density at radius 2 is 2.12 bits per heavy atom. The number of hydrogen-bond donors (Lipinski definition) is 1. The monoisotopic (exact) mass is 354 g/mol. The molecule has 25 heavy (non-hydrogen) atoms. The summed E-state index contributed by atoms with van der Waals surface area (Å²) in [5.74, 6) is -1.05. The molecule has 0 saturated heterocycles. The third kappa shape index (κ3) is 2.28. The number of ether oxygens (including phenoxy) is 1. The van der Waals surface area contributed by atoms with Crippen molar-refractivity contribution in [3.63, 3.8) is 0 Å². The molecule has 0 bridgehead atoms. The van der Waals surface area contributed by atoms with Gasteiger partial charge in [-0.3, -0.25) is 4.98 Å². The van der Waals surface area contributed by atoms with Crippen LogP contribution in [0.2, 0.25) is 5.02 Å². The zero-order valence-corrected chi connectivity index (χ0v) is 13.7. The zero-order valence-electron chi connectivity index (χ0n) is 13.0. The van der Waals surface area contributed by atoms with Crippen LogP contribution < -0.4 is 0 Å². The molecule has 3 aromatic heterocycles. The van der Waals surface area contributed by atoms with E-state index >= 15 is 0 Å². The van der Waals surface area contributed by atoms with Crippen molar-refractivity contribution < 1.29 is 14.6 Å².